The van der Waals surface area contributed by atoms with Crippen molar-refractivity contribution in [2.24, 2.45) is 14.1 Å². The van der Waals surface area contributed by atoms with Crippen LogP contribution in [0.15, 0.2) is 58.4 Å². The molecule has 8 nitrogen and oxygen atoms in total. The maximum atomic E-state index is 12.6. The summed E-state index contributed by atoms with van der Waals surface area (Å²) in [5.74, 6) is -0.420. The van der Waals surface area contributed by atoms with Crippen LogP contribution in [0, 0.1) is 0 Å². The predicted molar refractivity (Wildman–Crippen MR) is 112 cm³/mol. The van der Waals surface area contributed by atoms with E-state index in [1.807, 2.05) is 30.3 Å². The monoisotopic (exact) mass is 407 g/mol. The van der Waals surface area contributed by atoms with Crippen molar-refractivity contribution in [2.75, 3.05) is 5.32 Å². The Morgan fingerprint density at radius 3 is 2.59 bits per heavy atom. The second kappa shape index (κ2) is 7.44. The van der Waals surface area contributed by atoms with E-state index in [-0.39, 0.29) is 16.6 Å². The minimum atomic E-state index is -0.496. The van der Waals surface area contributed by atoms with Gasteiger partial charge in [-0.25, -0.2) is 14.8 Å². The number of hydrogen-bond donors (Lipinski definition) is 1. The first-order valence-electron chi connectivity index (χ1n) is 8.80. The number of carbonyl (C=O) groups is 1. The van der Waals surface area contributed by atoms with E-state index in [1.54, 1.807) is 6.20 Å². The van der Waals surface area contributed by atoms with Gasteiger partial charge >= 0.3 is 5.69 Å². The number of thiazole rings is 1. The van der Waals surface area contributed by atoms with Crippen LogP contribution in [0.1, 0.15) is 20.8 Å². The summed E-state index contributed by atoms with van der Waals surface area (Å²) in [5.41, 5.74) is 0.641. The second-order valence-electron chi connectivity index (χ2n) is 6.55. The molecule has 0 aliphatic rings. The molecule has 3 aromatic heterocycles. The standard InChI is InChI=1S/C20H17N5O3S/c1-24-16-15(18(27)25(2)20(24)28)9-13(10-21-16)17(26)23-19-22-11-14(29-19)8-12-6-4-3-5-7-12/h3-7,9-11H,8H2,1-2H3,(H,22,23,26). The van der Waals surface area contributed by atoms with E-state index in [0.717, 1.165) is 21.4 Å². The van der Waals surface area contributed by atoms with Crippen molar-refractivity contribution < 1.29 is 4.79 Å². The van der Waals surface area contributed by atoms with Crippen molar-refractivity contribution in [3.8, 4) is 0 Å². The Bertz CT molecular complexity index is 1340. The average molecular weight is 407 g/mol. The van der Waals surface area contributed by atoms with Crippen molar-refractivity contribution in [3.05, 3.63) is 85.6 Å². The summed E-state index contributed by atoms with van der Waals surface area (Å²) in [6.45, 7) is 0. The molecule has 0 fully saturated rings. The third-order valence-electron chi connectivity index (χ3n) is 4.55. The van der Waals surface area contributed by atoms with Crippen LogP contribution in [0.3, 0.4) is 0 Å². The molecule has 9 heteroatoms. The number of pyridine rings is 1. The van der Waals surface area contributed by atoms with Crippen LogP contribution >= 0.6 is 11.3 Å². The highest BCUT2D eigenvalue weighted by molar-refractivity contribution is 7.15. The summed E-state index contributed by atoms with van der Waals surface area (Å²) in [5, 5.41) is 3.41. The maximum absolute atomic E-state index is 12.6. The third kappa shape index (κ3) is 3.59. The summed E-state index contributed by atoms with van der Waals surface area (Å²) >= 11 is 1.39. The fourth-order valence-electron chi connectivity index (χ4n) is 3.00. The van der Waals surface area contributed by atoms with Gasteiger partial charge in [0.15, 0.2) is 5.13 Å². The average Bonchev–Trinajstić information content (AvgIpc) is 3.17. The first-order chi connectivity index (χ1) is 13.9. The van der Waals surface area contributed by atoms with Crippen molar-refractivity contribution in [1.29, 1.82) is 0 Å². The SMILES string of the molecule is Cn1c(=O)c2cc(C(=O)Nc3ncc(Cc4ccccc4)s3)cnc2n(C)c1=O. The van der Waals surface area contributed by atoms with E-state index < -0.39 is 17.2 Å². The molecular weight excluding hydrogens is 390 g/mol. The van der Waals surface area contributed by atoms with Crippen LogP contribution in [0.4, 0.5) is 5.13 Å². The summed E-state index contributed by atoms with van der Waals surface area (Å²) in [6, 6.07) is 11.4. The Morgan fingerprint density at radius 2 is 1.83 bits per heavy atom. The largest absolute Gasteiger partial charge is 0.332 e. The number of fused-ring (bicyclic) bond motifs is 1. The molecule has 0 saturated carbocycles. The number of aryl methyl sites for hydroxylation is 1. The lowest BCUT2D eigenvalue weighted by Crippen LogP contribution is -2.37. The zero-order valence-corrected chi connectivity index (χ0v) is 16.6. The summed E-state index contributed by atoms with van der Waals surface area (Å²) in [6.07, 6.45) is 3.81. The number of amides is 1. The van der Waals surface area contributed by atoms with Crippen LogP contribution < -0.4 is 16.6 Å². The van der Waals surface area contributed by atoms with Gasteiger partial charge in [-0.05, 0) is 11.6 Å². The van der Waals surface area contributed by atoms with Crippen LogP contribution in [0.25, 0.3) is 11.0 Å². The number of nitrogens with zero attached hydrogens (tertiary/aromatic N) is 4. The normalized spacial score (nSPS) is 11.0. The molecule has 0 radical (unpaired) electrons. The molecule has 1 amide bonds. The van der Waals surface area contributed by atoms with Gasteiger partial charge in [0, 0.05) is 37.8 Å². The number of carbonyl (C=O) groups excluding carboxylic acids is 1. The topological polar surface area (TPSA) is 98.9 Å². The Balaban J connectivity index is 1.58. The van der Waals surface area contributed by atoms with Crippen LogP contribution in [-0.2, 0) is 20.5 Å². The van der Waals surface area contributed by atoms with Gasteiger partial charge in [0.1, 0.15) is 5.65 Å². The molecule has 0 aliphatic carbocycles. The first kappa shape index (κ1) is 18.8. The summed E-state index contributed by atoms with van der Waals surface area (Å²) < 4.78 is 2.26. The highest BCUT2D eigenvalue weighted by Gasteiger charge is 2.15. The Hall–Kier alpha value is -3.59. The second-order valence-corrected chi connectivity index (χ2v) is 7.66. The van der Waals surface area contributed by atoms with Gasteiger partial charge in [-0.1, -0.05) is 30.3 Å². The third-order valence-corrected chi connectivity index (χ3v) is 5.46. The molecule has 1 N–H and O–H groups in total. The molecule has 0 saturated heterocycles. The van der Waals surface area contributed by atoms with E-state index in [4.69, 9.17) is 0 Å². The molecule has 29 heavy (non-hydrogen) atoms. The van der Waals surface area contributed by atoms with Gasteiger partial charge in [-0.15, -0.1) is 11.3 Å². The number of nitrogens with one attached hydrogen (secondary N) is 1. The quantitative estimate of drug-likeness (QED) is 0.557. The Labute approximate surface area is 169 Å². The lowest BCUT2D eigenvalue weighted by molar-refractivity contribution is 0.102. The molecule has 3 heterocycles. The molecule has 0 unspecified atom stereocenters. The van der Waals surface area contributed by atoms with Crippen LogP contribution in [-0.4, -0.2) is 25.0 Å². The van der Waals surface area contributed by atoms with Gasteiger partial charge in [0.2, 0.25) is 0 Å². The molecular formula is C20H17N5O3S. The van der Waals surface area contributed by atoms with Gasteiger partial charge in [-0.2, -0.15) is 0 Å². The highest BCUT2D eigenvalue weighted by atomic mass is 32.1. The van der Waals surface area contributed by atoms with E-state index in [9.17, 15) is 14.4 Å². The van der Waals surface area contributed by atoms with E-state index in [0.29, 0.717) is 5.13 Å². The molecule has 0 spiro atoms. The zero-order valence-electron chi connectivity index (χ0n) is 15.7. The number of rotatable bonds is 4. The van der Waals surface area contributed by atoms with Gasteiger partial charge in [0.05, 0.1) is 10.9 Å². The summed E-state index contributed by atoms with van der Waals surface area (Å²) in [4.78, 5) is 46.4. The molecule has 4 aromatic rings. The minimum Gasteiger partial charge on any atom is -0.298 e. The molecule has 1 aromatic carbocycles. The van der Waals surface area contributed by atoms with E-state index in [1.165, 1.54) is 42.3 Å². The lowest BCUT2D eigenvalue weighted by Gasteiger charge is -2.07. The number of hydrogen-bond acceptors (Lipinski definition) is 6. The van der Waals surface area contributed by atoms with Crippen molar-refractivity contribution >= 4 is 33.4 Å². The van der Waals surface area contributed by atoms with Crippen molar-refractivity contribution in [1.82, 2.24) is 19.1 Å². The maximum Gasteiger partial charge on any atom is 0.332 e. The van der Waals surface area contributed by atoms with Gasteiger partial charge in [-0.3, -0.25) is 24.0 Å². The van der Waals surface area contributed by atoms with Crippen molar-refractivity contribution in [2.45, 2.75) is 6.42 Å². The first-order valence-corrected chi connectivity index (χ1v) is 9.61. The van der Waals surface area contributed by atoms with Crippen LogP contribution in [0.5, 0.6) is 0 Å². The highest BCUT2D eigenvalue weighted by Crippen LogP contribution is 2.22. The fourth-order valence-corrected chi connectivity index (χ4v) is 3.84. The van der Waals surface area contributed by atoms with Crippen LogP contribution in [0.2, 0.25) is 0 Å². The fraction of sp³-hybridized carbons (Fsp3) is 0.150. The molecule has 0 atom stereocenters. The lowest BCUT2D eigenvalue weighted by atomic mass is 10.1. The van der Waals surface area contributed by atoms with E-state index in [2.05, 4.69) is 15.3 Å². The Morgan fingerprint density at radius 1 is 1.07 bits per heavy atom. The predicted octanol–water partition coefficient (Wildman–Crippen LogP) is 1.93. The summed E-state index contributed by atoms with van der Waals surface area (Å²) in [7, 11) is 2.92. The molecule has 0 aliphatic heterocycles. The van der Waals surface area contributed by atoms with Gasteiger partial charge < -0.3 is 0 Å². The molecule has 146 valence electrons. The number of aromatic nitrogens is 4. The minimum absolute atomic E-state index is 0.200. The van der Waals surface area contributed by atoms with Gasteiger partial charge in [0.25, 0.3) is 11.5 Å². The molecule has 4 rings (SSSR count). The Kier molecular flexibility index (Phi) is 4.81. The smallest absolute Gasteiger partial charge is 0.298 e. The van der Waals surface area contributed by atoms with E-state index >= 15 is 0 Å². The zero-order chi connectivity index (χ0) is 20.5. The molecule has 0 bridgehead atoms. The number of anilines is 1. The van der Waals surface area contributed by atoms with Crippen molar-refractivity contribution in [3.63, 3.8) is 0 Å². The number of benzene rings is 1.